The highest BCUT2D eigenvalue weighted by Gasteiger charge is 2.34. The van der Waals surface area contributed by atoms with Crippen molar-refractivity contribution in [1.82, 2.24) is 15.5 Å². The number of nitrogens with zero attached hydrogens (tertiary/aromatic N) is 3. The highest BCUT2D eigenvalue weighted by atomic mass is 32.1. The minimum Gasteiger partial charge on any atom is -0.351 e. The van der Waals surface area contributed by atoms with Crippen molar-refractivity contribution in [2.24, 2.45) is 0 Å². The Morgan fingerprint density at radius 1 is 0.941 bits per heavy atom. The molecule has 4 aromatic rings. The molecule has 1 N–H and O–H groups in total. The van der Waals surface area contributed by atoms with Crippen LogP contribution < -0.4 is 10.2 Å². The van der Waals surface area contributed by atoms with E-state index < -0.39 is 11.9 Å². The Bertz CT molecular complexity index is 1410. The van der Waals surface area contributed by atoms with Gasteiger partial charge in [0, 0.05) is 16.9 Å². The number of anilines is 1. The van der Waals surface area contributed by atoms with Gasteiger partial charge in [-0.3, -0.25) is 4.90 Å². The monoisotopic (exact) mass is 474 g/mol. The molecule has 34 heavy (non-hydrogen) atoms. The molecule has 0 saturated carbocycles. The highest BCUT2D eigenvalue weighted by Crippen LogP contribution is 2.39. The molecule has 0 radical (unpaired) electrons. The third-order valence-corrected chi connectivity index (χ3v) is 5.99. The molecule has 0 amide bonds. The van der Waals surface area contributed by atoms with E-state index in [4.69, 9.17) is 16.7 Å². The van der Waals surface area contributed by atoms with Crippen molar-refractivity contribution in [3.05, 3.63) is 107 Å². The molecule has 0 bridgehead atoms. The molecule has 2 heterocycles. The fourth-order valence-electron chi connectivity index (χ4n) is 4.08. The van der Waals surface area contributed by atoms with E-state index in [1.807, 2.05) is 43.0 Å². The minimum atomic E-state index is -0.449. The summed E-state index contributed by atoms with van der Waals surface area (Å²) in [5, 5.41) is 7.92. The summed E-state index contributed by atoms with van der Waals surface area (Å²) in [6.45, 7) is 3.93. The molecular formula is C26H20F2N4OS. The van der Waals surface area contributed by atoms with Crippen molar-refractivity contribution in [3.8, 4) is 11.4 Å². The summed E-state index contributed by atoms with van der Waals surface area (Å²) < 4.78 is 33.0. The molecule has 1 atom stereocenters. The average molecular weight is 475 g/mol. The first-order valence-corrected chi connectivity index (χ1v) is 11.0. The number of rotatable bonds is 4. The zero-order valence-electron chi connectivity index (χ0n) is 18.4. The lowest BCUT2D eigenvalue weighted by Crippen LogP contribution is -2.46. The smallest absolute Gasteiger partial charge is 0.258 e. The number of hydrogen-bond donors (Lipinski definition) is 1. The van der Waals surface area contributed by atoms with Crippen LogP contribution in [0.3, 0.4) is 0 Å². The van der Waals surface area contributed by atoms with Crippen molar-refractivity contribution in [2.75, 3.05) is 4.90 Å². The van der Waals surface area contributed by atoms with Crippen LogP contribution in [0.4, 0.5) is 14.5 Å². The van der Waals surface area contributed by atoms with Gasteiger partial charge in [0.2, 0.25) is 5.82 Å². The average Bonchev–Trinajstić information content (AvgIpc) is 3.29. The van der Waals surface area contributed by atoms with Crippen LogP contribution in [0, 0.1) is 18.6 Å². The first kappa shape index (κ1) is 21.9. The number of benzene rings is 3. The lowest BCUT2D eigenvalue weighted by Gasteiger charge is -2.37. The Morgan fingerprint density at radius 2 is 1.71 bits per heavy atom. The number of aryl methyl sites for hydroxylation is 1. The van der Waals surface area contributed by atoms with Crippen LogP contribution in [0.25, 0.3) is 17.0 Å². The highest BCUT2D eigenvalue weighted by molar-refractivity contribution is 7.80. The van der Waals surface area contributed by atoms with Gasteiger partial charge < -0.3 is 9.84 Å². The van der Waals surface area contributed by atoms with Crippen LogP contribution >= 0.6 is 12.2 Å². The molecule has 170 valence electrons. The quantitative estimate of drug-likeness (QED) is 0.356. The van der Waals surface area contributed by atoms with Crippen LogP contribution in [0.2, 0.25) is 0 Å². The Balaban J connectivity index is 1.66. The van der Waals surface area contributed by atoms with Crippen molar-refractivity contribution >= 4 is 28.6 Å². The molecule has 0 spiro atoms. The molecule has 3 aromatic carbocycles. The molecule has 0 saturated heterocycles. The van der Waals surface area contributed by atoms with Gasteiger partial charge in [0.1, 0.15) is 11.6 Å². The van der Waals surface area contributed by atoms with Gasteiger partial charge in [-0.2, -0.15) is 4.98 Å². The maximum absolute atomic E-state index is 13.7. The summed E-state index contributed by atoms with van der Waals surface area (Å²) in [5.74, 6) is -0.197. The maximum atomic E-state index is 13.7. The van der Waals surface area contributed by atoms with E-state index in [9.17, 15) is 8.78 Å². The summed E-state index contributed by atoms with van der Waals surface area (Å²) in [7, 11) is 0. The summed E-state index contributed by atoms with van der Waals surface area (Å²) >= 11 is 5.73. The minimum absolute atomic E-state index is 0.263. The number of thiocarbonyl (C=S) groups is 1. The van der Waals surface area contributed by atoms with Gasteiger partial charge >= 0.3 is 0 Å². The van der Waals surface area contributed by atoms with Crippen molar-refractivity contribution in [1.29, 1.82) is 0 Å². The van der Waals surface area contributed by atoms with Crippen molar-refractivity contribution in [2.45, 2.75) is 19.9 Å². The van der Waals surface area contributed by atoms with Crippen molar-refractivity contribution < 1.29 is 13.3 Å². The second kappa shape index (κ2) is 8.79. The number of halogens is 2. The normalized spacial score (nSPS) is 16.1. The predicted octanol–water partition coefficient (Wildman–Crippen LogP) is 6.19. The summed E-state index contributed by atoms with van der Waals surface area (Å²) in [6, 6.07) is 19.7. The molecule has 0 aliphatic carbocycles. The number of nitrogens with one attached hydrogen (secondary N) is 1. The third kappa shape index (κ3) is 4.08. The molecule has 5 rings (SSSR count). The third-order valence-electron chi connectivity index (χ3n) is 5.69. The van der Waals surface area contributed by atoms with E-state index in [1.165, 1.54) is 24.3 Å². The molecule has 1 aliphatic heterocycles. The number of hydrogen-bond acceptors (Lipinski definition) is 4. The molecule has 0 fully saturated rings. The summed E-state index contributed by atoms with van der Waals surface area (Å²) in [4.78, 5) is 6.48. The Kier molecular flexibility index (Phi) is 5.67. The zero-order valence-corrected chi connectivity index (χ0v) is 19.2. The van der Waals surface area contributed by atoms with Crippen LogP contribution in [-0.4, -0.2) is 15.3 Å². The van der Waals surface area contributed by atoms with E-state index in [-0.39, 0.29) is 17.5 Å². The van der Waals surface area contributed by atoms with Crippen LogP contribution in [0.5, 0.6) is 0 Å². The van der Waals surface area contributed by atoms with Gasteiger partial charge in [0.05, 0.1) is 11.6 Å². The second-order valence-corrected chi connectivity index (χ2v) is 8.43. The fraction of sp³-hybridized carbons (Fsp3) is 0.115. The molecule has 8 heteroatoms. The molecule has 5 nitrogen and oxygen atoms in total. The Labute approximate surface area is 200 Å². The molecule has 1 aliphatic rings. The largest absolute Gasteiger partial charge is 0.351 e. The zero-order chi connectivity index (χ0) is 23.8. The van der Waals surface area contributed by atoms with Crippen LogP contribution in [-0.2, 0) is 0 Å². The maximum Gasteiger partial charge on any atom is 0.258 e. The Morgan fingerprint density at radius 3 is 2.44 bits per heavy atom. The first-order chi connectivity index (χ1) is 16.4. The van der Waals surface area contributed by atoms with E-state index >= 15 is 0 Å². The van der Waals surface area contributed by atoms with Gasteiger partial charge in [-0.15, -0.1) is 0 Å². The van der Waals surface area contributed by atoms with Crippen molar-refractivity contribution in [3.63, 3.8) is 0 Å². The number of aromatic nitrogens is 2. The van der Waals surface area contributed by atoms with E-state index in [0.29, 0.717) is 16.2 Å². The van der Waals surface area contributed by atoms with Crippen LogP contribution in [0.1, 0.15) is 30.0 Å². The van der Waals surface area contributed by atoms with E-state index in [1.54, 1.807) is 24.3 Å². The lowest BCUT2D eigenvalue weighted by atomic mass is 9.94. The number of allylic oxidation sites excluding steroid dienone is 1. The van der Waals surface area contributed by atoms with Gasteiger partial charge in [0.25, 0.3) is 5.89 Å². The molecular weight excluding hydrogens is 454 g/mol. The predicted molar refractivity (Wildman–Crippen MR) is 131 cm³/mol. The topological polar surface area (TPSA) is 54.2 Å². The Hall–Kier alpha value is -3.91. The van der Waals surface area contributed by atoms with Crippen LogP contribution in [0.15, 0.2) is 83.0 Å². The summed E-state index contributed by atoms with van der Waals surface area (Å²) in [6.07, 6.45) is 0. The van der Waals surface area contributed by atoms with Gasteiger partial charge in [-0.25, -0.2) is 8.78 Å². The first-order valence-electron chi connectivity index (χ1n) is 10.6. The standard InChI is InChI=1S/C26H20F2N4OS/c1-15-5-3-8-21(13-15)32-16(2)22(23(29-26(32)34)17-9-11-19(27)12-10-17)25-30-24(31-33-25)18-6-4-7-20(28)14-18/h3-14,23H,1-2H3,(H,29,34). The molecule has 1 aromatic heterocycles. The second-order valence-electron chi connectivity index (χ2n) is 8.04. The van der Waals surface area contributed by atoms with Gasteiger partial charge in [0.15, 0.2) is 5.11 Å². The molecule has 1 unspecified atom stereocenters. The van der Waals surface area contributed by atoms with Gasteiger partial charge in [-0.05, 0) is 73.6 Å². The van der Waals surface area contributed by atoms with Gasteiger partial charge in [-0.1, -0.05) is 41.6 Å². The lowest BCUT2D eigenvalue weighted by molar-refractivity contribution is 0.404. The van der Waals surface area contributed by atoms with E-state index in [0.717, 1.165) is 22.5 Å². The van der Waals surface area contributed by atoms with E-state index in [2.05, 4.69) is 15.5 Å². The fourth-order valence-corrected chi connectivity index (χ4v) is 4.44. The summed E-state index contributed by atoms with van der Waals surface area (Å²) in [5.41, 5.74) is 4.74. The SMILES string of the molecule is CC1=C(c2nc(-c3cccc(F)c3)no2)C(c2ccc(F)cc2)NC(=S)N1c1cccc(C)c1.